The topological polar surface area (TPSA) is 37.3 Å². The lowest BCUT2D eigenvalue weighted by atomic mass is 9.34. The molecule has 0 unspecified atom stereocenters. The summed E-state index contributed by atoms with van der Waals surface area (Å²) in [4.78, 5) is 12.2. The van der Waals surface area contributed by atoms with E-state index in [1.54, 1.807) is 0 Å². The Morgan fingerprint density at radius 2 is 1.80 bits per heavy atom. The van der Waals surface area contributed by atoms with Gasteiger partial charge >= 0.3 is 0 Å². The van der Waals surface area contributed by atoms with Gasteiger partial charge in [0.15, 0.2) is 5.78 Å². The first-order valence-electron chi connectivity index (χ1n) is 5.41. The first-order chi connectivity index (χ1) is 7.20. The van der Waals surface area contributed by atoms with Crippen LogP contribution in [0, 0.1) is 10.8 Å². The van der Waals surface area contributed by atoms with Crippen LogP contribution in [-0.4, -0.2) is 17.5 Å². The highest BCUT2D eigenvalue weighted by Gasteiger charge is 2.70. The molecule has 2 heteroatoms. The Morgan fingerprint density at radius 3 is 2.33 bits per heavy atom. The third kappa shape index (κ3) is 1.06. The van der Waals surface area contributed by atoms with E-state index < -0.39 is 0 Å². The molecule has 78 valence electrons. The van der Waals surface area contributed by atoms with Crippen LogP contribution in [0.4, 0.5) is 0 Å². The zero-order valence-electron chi connectivity index (χ0n) is 8.57. The Morgan fingerprint density at radius 1 is 1.20 bits per heavy atom. The minimum atomic E-state index is -0.107. The van der Waals surface area contributed by atoms with E-state index in [9.17, 15) is 4.79 Å². The standard InChI is InChI=1S/C13H14O2/c14-9-12-6-13(7-12,8-12)11(15)10-4-2-1-3-5-10/h1-5,14H,6-9H2. The van der Waals surface area contributed by atoms with E-state index in [0.717, 1.165) is 24.8 Å². The third-order valence-electron chi connectivity index (χ3n) is 3.99. The van der Waals surface area contributed by atoms with E-state index in [1.807, 2.05) is 30.3 Å². The van der Waals surface area contributed by atoms with E-state index in [-0.39, 0.29) is 23.2 Å². The van der Waals surface area contributed by atoms with Crippen molar-refractivity contribution in [1.29, 1.82) is 0 Å². The van der Waals surface area contributed by atoms with Crippen LogP contribution in [0.1, 0.15) is 29.6 Å². The van der Waals surface area contributed by atoms with Crippen LogP contribution in [0.2, 0.25) is 0 Å². The Labute approximate surface area is 88.9 Å². The van der Waals surface area contributed by atoms with Crippen molar-refractivity contribution in [1.82, 2.24) is 0 Å². The highest BCUT2D eigenvalue weighted by atomic mass is 16.3. The Bertz CT molecular complexity index is 388. The SMILES string of the molecule is O=C(c1ccccc1)C12CC(CO)(C1)C2. The fourth-order valence-electron chi connectivity index (χ4n) is 3.30. The van der Waals surface area contributed by atoms with Gasteiger partial charge < -0.3 is 5.11 Å². The molecule has 0 spiro atoms. The maximum Gasteiger partial charge on any atom is 0.169 e. The van der Waals surface area contributed by atoms with Crippen LogP contribution < -0.4 is 0 Å². The van der Waals surface area contributed by atoms with E-state index in [0.29, 0.717) is 0 Å². The van der Waals surface area contributed by atoms with Crippen molar-refractivity contribution >= 4 is 5.78 Å². The van der Waals surface area contributed by atoms with Crippen molar-refractivity contribution in [3.05, 3.63) is 35.9 Å². The van der Waals surface area contributed by atoms with Crippen LogP contribution in [-0.2, 0) is 0 Å². The number of carbonyl (C=O) groups is 1. The lowest BCUT2D eigenvalue weighted by Gasteiger charge is -2.69. The summed E-state index contributed by atoms with van der Waals surface area (Å²) in [7, 11) is 0. The van der Waals surface area contributed by atoms with Gasteiger partial charge in [0.2, 0.25) is 0 Å². The largest absolute Gasteiger partial charge is 0.396 e. The number of aliphatic hydroxyl groups excluding tert-OH is 1. The second-order valence-electron chi connectivity index (χ2n) is 5.16. The van der Waals surface area contributed by atoms with Gasteiger partial charge in [-0.2, -0.15) is 0 Å². The summed E-state index contributed by atoms with van der Waals surface area (Å²) in [6.07, 6.45) is 2.68. The number of hydrogen-bond acceptors (Lipinski definition) is 2. The van der Waals surface area contributed by atoms with Crippen molar-refractivity contribution < 1.29 is 9.90 Å². The van der Waals surface area contributed by atoms with Gasteiger partial charge in [0, 0.05) is 17.6 Å². The maximum absolute atomic E-state index is 12.2. The summed E-state index contributed by atoms with van der Waals surface area (Å²) < 4.78 is 0. The maximum atomic E-state index is 12.2. The van der Waals surface area contributed by atoms with Crippen molar-refractivity contribution in [3.8, 4) is 0 Å². The molecule has 0 amide bonds. The van der Waals surface area contributed by atoms with Crippen LogP contribution >= 0.6 is 0 Å². The molecule has 3 saturated carbocycles. The first-order valence-corrected chi connectivity index (χ1v) is 5.41. The predicted molar refractivity (Wildman–Crippen MR) is 56.6 cm³/mol. The lowest BCUT2D eigenvalue weighted by Crippen LogP contribution is -2.66. The lowest BCUT2D eigenvalue weighted by molar-refractivity contribution is -0.190. The molecule has 0 radical (unpaired) electrons. The van der Waals surface area contributed by atoms with Crippen LogP contribution in [0.5, 0.6) is 0 Å². The quantitative estimate of drug-likeness (QED) is 0.761. The Kier molecular flexibility index (Phi) is 1.64. The van der Waals surface area contributed by atoms with Crippen LogP contribution in [0.25, 0.3) is 0 Å². The minimum absolute atomic E-state index is 0.107. The number of Topliss-reactive ketones (excluding diaryl/α,β-unsaturated/α-hetero) is 1. The highest BCUT2D eigenvalue weighted by molar-refractivity contribution is 6.02. The predicted octanol–water partition coefficient (Wildman–Crippen LogP) is 2.03. The first kappa shape index (κ1) is 9.10. The molecule has 1 N–H and O–H groups in total. The van der Waals surface area contributed by atoms with Gasteiger partial charge in [-0.05, 0) is 24.7 Å². The van der Waals surface area contributed by atoms with Crippen LogP contribution in [0.3, 0.4) is 0 Å². The van der Waals surface area contributed by atoms with E-state index in [2.05, 4.69) is 0 Å². The Hall–Kier alpha value is -1.15. The molecular weight excluding hydrogens is 188 g/mol. The average Bonchev–Trinajstić information content (AvgIpc) is 2.16. The molecule has 0 aromatic heterocycles. The molecule has 0 aliphatic heterocycles. The van der Waals surface area contributed by atoms with Gasteiger partial charge in [-0.1, -0.05) is 30.3 Å². The summed E-state index contributed by atoms with van der Waals surface area (Å²) in [6.45, 7) is 0.247. The van der Waals surface area contributed by atoms with Gasteiger partial charge in [0.1, 0.15) is 0 Å². The van der Waals surface area contributed by atoms with Gasteiger partial charge in [-0.25, -0.2) is 0 Å². The van der Waals surface area contributed by atoms with E-state index >= 15 is 0 Å². The summed E-state index contributed by atoms with van der Waals surface area (Å²) in [5.41, 5.74) is 0.831. The van der Waals surface area contributed by atoms with Gasteiger partial charge in [0.25, 0.3) is 0 Å². The normalized spacial score (nSPS) is 36.6. The number of aliphatic hydroxyl groups is 1. The molecule has 1 aromatic rings. The molecule has 3 aliphatic carbocycles. The molecule has 15 heavy (non-hydrogen) atoms. The second kappa shape index (κ2) is 2.70. The van der Waals surface area contributed by atoms with Crippen molar-refractivity contribution in [2.75, 3.05) is 6.61 Å². The zero-order valence-corrected chi connectivity index (χ0v) is 8.57. The molecule has 4 rings (SSSR count). The summed E-state index contributed by atoms with van der Waals surface area (Å²) in [6, 6.07) is 9.50. The zero-order chi connectivity index (χ0) is 10.5. The van der Waals surface area contributed by atoms with E-state index in [4.69, 9.17) is 5.11 Å². The highest BCUT2D eigenvalue weighted by Crippen LogP contribution is 2.73. The molecule has 2 bridgehead atoms. The number of carbonyl (C=O) groups excluding carboxylic acids is 1. The molecule has 1 aromatic carbocycles. The average molecular weight is 202 g/mol. The minimum Gasteiger partial charge on any atom is -0.396 e. The molecule has 0 heterocycles. The third-order valence-corrected chi connectivity index (χ3v) is 3.99. The van der Waals surface area contributed by atoms with E-state index in [1.165, 1.54) is 0 Å². The Balaban J connectivity index is 1.79. The van der Waals surface area contributed by atoms with Crippen LogP contribution in [0.15, 0.2) is 30.3 Å². The fraction of sp³-hybridized carbons (Fsp3) is 0.462. The van der Waals surface area contributed by atoms with Gasteiger partial charge in [-0.3, -0.25) is 4.79 Å². The van der Waals surface area contributed by atoms with Gasteiger partial charge in [-0.15, -0.1) is 0 Å². The molecule has 2 nitrogen and oxygen atoms in total. The summed E-state index contributed by atoms with van der Waals surface area (Å²) >= 11 is 0. The molecular formula is C13H14O2. The van der Waals surface area contributed by atoms with Crippen molar-refractivity contribution in [3.63, 3.8) is 0 Å². The van der Waals surface area contributed by atoms with Gasteiger partial charge in [0.05, 0.1) is 0 Å². The number of ketones is 1. The molecule has 3 fully saturated rings. The summed E-state index contributed by atoms with van der Waals surface area (Å²) in [5, 5.41) is 9.14. The monoisotopic (exact) mass is 202 g/mol. The second-order valence-corrected chi connectivity index (χ2v) is 5.16. The molecule has 0 saturated heterocycles. The molecule has 3 aliphatic rings. The number of rotatable bonds is 3. The smallest absolute Gasteiger partial charge is 0.169 e. The molecule has 0 atom stereocenters. The summed E-state index contributed by atoms with van der Waals surface area (Å²) in [5.74, 6) is 0.276. The number of hydrogen-bond donors (Lipinski definition) is 1. The van der Waals surface area contributed by atoms with Crippen molar-refractivity contribution in [2.45, 2.75) is 19.3 Å². The van der Waals surface area contributed by atoms with Crippen molar-refractivity contribution in [2.24, 2.45) is 10.8 Å². The number of benzene rings is 1. The fourth-order valence-corrected chi connectivity index (χ4v) is 3.30.